The van der Waals surface area contributed by atoms with Crippen LogP contribution in [0.4, 0.5) is 10.5 Å². The third kappa shape index (κ3) is 3.56. The number of aromatic nitrogens is 1. The van der Waals surface area contributed by atoms with Gasteiger partial charge >= 0.3 is 12.1 Å². The molecule has 7 nitrogen and oxygen atoms in total. The van der Waals surface area contributed by atoms with Gasteiger partial charge in [-0.05, 0) is 32.2 Å². The number of hydrogen-bond donors (Lipinski definition) is 2. The average Bonchev–Trinajstić information content (AvgIpc) is 3.26. The smallest absolute Gasteiger partial charge is 0.410 e. The Morgan fingerprint density at radius 1 is 1.34 bits per heavy atom. The molecule has 0 atom stereocenters. The van der Waals surface area contributed by atoms with Gasteiger partial charge in [-0.25, -0.2) is 14.6 Å². The van der Waals surface area contributed by atoms with E-state index in [1.165, 1.54) is 0 Å². The summed E-state index contributed by atoms with van der Waals surface area (Å²) in [5, 5.41) is 12.1. The minimum Gasteiger partial charge on any atom is -0.477 e. The number of ether oxygens (including phenoxy) is 1. The van der Waals surface area contributed by atoms with Crippen molar-refractivity contribution in [2.45, 2.75) is 39.3 Å². The summed E-state index contributed by atoms with van der Waals surface area (Å²) in [6, 6.07) is 3.91. The number of nitrogens with two attached hydrogens (primary N) is 1. The van der Waals surface area contributed by atoms with Crippen molar-refractivity contribution >= 4 is 50.6 Å². The predicted molar refractivity (Wildman–Crippen MR) is 115 cm³/mol. The summed E-state index contributed by atoms with van der Waals surface area (Å²) in [4.78, 5) is 32.3. The van der Waals surface area contributed by atoms with Gasteiger partial charge in [0.05, 0.1) is 12.2 Å². The molecule has 3 aromatic rings. The molecule has 9 heteroatoms. The molecule has 4 rings (SSSR count). The van der Waals surface area contributed by atoms with Crippen LogP contribution in [0.5, 0.6) is 0 Å². The van der Waals surface area contributed by atoms with Crippen LogP contribution in [0.25, 0.3) is 20.7 Å². The standard InChI is InChI=1S/C20H21N3O4S2/c1-20(2,3)27-19(26)23-7-6-11-10(9-23)13(12-5-4-8-28-12)14-15(21)16(18(24)25)29-17(14)22-11/h4-5,8H,6-7,9,21H2,1-3H3,(H,24,25). The first-order valence-corrected chi connectivity index (χ1v) is 10.8. The van der Waals surface area contributed by atoms with Crippen molar-refractivity contribution in [2.24, 2.45) is 0 Å². The van der Waals surface area contributed by atoms with Gasteiger partial charge < -0.3 is 20.5 Å². The van der Waals surface area contributed by atoms with Gasteiger partial charge in [-0.2, -0.15) is 0 Å². The van der Waals surface area contributed by atoms with E-state index in [1.54, 1.807) is 16.2 Å². The van der Waals surface area contributed by atoms with E-state index in [9.17, 15) is 14.7 Å². The molecule has 0 radical (unpaired) electrons. The molecule has 4 heterocycles. The van der Waals surface area contributed by atoms with Crippen LogP contribution < -0.4 is 5.73 Å². The lowest BCUT2D eigenvalue weighted by molar-refractivity contribution is 0.0223. The van der Waals surface area contributed by atoms with Crippen molar-refractivity contribution in [2.75, 3.05) is 12.3 Å². The number of thiophene rings is 2. The minimum absolute atomic E-state index is 0.0941. The number of fused-ring (bicyclic) bond motifs is 2. The fraction of sp³-hybridized carbons (Fsp3) is 0.350. The van der Waals surface area contributed by atoms with Crippen LogP contribution in [0.3, 0.4) is 0 Å². The minimum atomic E-state index is -1.06. The van der Waals surface area contributed by atoms with E-state index in [2.05, 4.69) is 0 Å². The first-order valence-electron chi connectivity index (χ1n) is 9.14. The molecule has 0 saturated carbocycles. The Kier molecular flexibility index (Phi) is 4.74. The van der Waals surface area contributed by atoms with Crippen molar-refractivity contribution in [3.63, 3.8) is 0 Å². The number of carboxylic acid groups (broad SMARTS) is 1. The van der Waals surface area contributed by atoms with Crippen LogP contribution in [-0.4, -0.2) is 39.2 Å². The maximum atomic E-state index is 12.6. The molecule has 0 saturated heterocycles. The van der Waals surface area contributed by atoms with Gasteiger partial charge in [0.1, 0.15) is 15.3 Å². The van der Waals surface area contributed by atoms with Crippen LogP contribution in [0.1, 0.15) is 41.7 Å². The lowest BCUT2D eigenvalue weighted by Crippen LogP contribution is -2.40. The zero-order valence-corrected chi connectivity index (χ0v) is 17.9. The van der Waals surface area contributed by atoms with Gasteiger partial charge in [0, 0.05) is 40.0 Å². The van der Waals surface area contributed by atoms with Crippen molar-refractivity contribution in [1.82, 2.24) is 9.88 Å². The lowest BCUT2D eigenvalue weighted by atomic mass is 9.96. The Hall–Kier alpha value is -2.65. The van der Waals surface area contributed by atoms with Crippen LogP contribution in [0.2, 0.25) is 0 Å². The molecule has 0 spiro atoms. The quantitative estimate of drug-likeness (QED) is 0.614. The summed E-state index contributed by atoms with van der Waals surface area (Å²) in [5.41, 5.74) is 8.54. The van der Waals surface area contributed by atoms with E-state index < -0.39 is 11.6 Å². The van der Waals surface area contributed by atoms with Gasteiger partial charge in [0.2, 0.25) is 0 Å². The summed E-state index contributed by atoms with van der Waals surface area (Å²) in [5.74, 6) is -1.06. The topological polar surface area (TPSA) is 106 Å². The Bertz CT molecular complexity index is 1110. The largest absolute Gasteiger partial charge is 0.477 e. The third-order valence-corrected chi connectivity index (χ3v) is 6.62. The number of hydrogen-bond acceptors (Lipinski definition) is 7. The van der Waals surface area contributed by atoms with Crippen molar-refractivity contribution < 1.29 is 19.4 Å². The number of carbonyl (C=O) groups is 2. The Morgan fingerprint density at radius 2 is 2.10 bits per heavy atom. The number of rotatable bonds is 2. The molecule has 3 aromatic heterocycles. The molecule has 152 valence electrons. The molecule has 0 fully saturated rings. The predicted octanol–water partition coefficient (Wildman–Crippen LogP) is 4.60. The molecular formula is C20H21N3O4S2. The molecular weight excluding hydrogens is 410 g/mol. The second-order valence-corrected chi connectivity index (χ2v) is 9.82. The van der Waals surface area contributed by atoms with Crippen molar-refractivity contribution in [3.05, 3.63) is 33.6 Å². The van der Waals surface area contributed by atoms with Gasteiger partial charge in [-0.15, -0.1) is 22.7 Å². The van der Waals surface area contributed by atoms with E-state index in [-0.39, 0.29) is 16.7 Å². The van der Waals surface area contributed by atoms with E-state index in [4.69, 9.17) is 15.5 Å². The Balaban J connectivity index is 1.88. The van der Waals surface area contributed by atoms with E-state index in [0.717, 1.165) is 33.0 Å². The summed E-state index contributed by atoms with van der Waals surface area (Å²) in [6.07, 6.45) is 0.202. The first kappa shape index (κ1) is 19.7. The number of nitrogens with zero attached hydrogens (tertiary/aromatic N) is 2. The lowest BCUT2D eigenvalue weighted by Gasteiger charge is -2.32. The van der Waals surface area contributed by atoms with Gasteiger partial charge in [-0.3, -0.25) is 0 Å². The van der Waals surface area contributed by atoms with Crippen LogP contribution >= 0.6 is 22.7 Å². The molecule has 29 heavy (non-hydrogen) atoms. The van der Waals surface area contributed by atoms with Gasteiger partial charge in [-0.1, -0.05) is 6.07 Å². The molecule has 0 aromatic carbocycles. The summed E-state index contributed by atoms with van der Waals surface area (Å²) in [6.45, 7) is 6.36. The Morgan fingerprint density at radius 3 is 2.72 bits per heavy atom. The number of pyridine rings is 1. The molecule has 1 amide bonds. The zero-order valence-electron chi connectivity index (χ0n) is 16.3. The van der Waals surface area contributed by atoms with Gasteiger partial charge in [0.25, 0.3) is 0 Å². The average molecular weight is 432 g/mol. The normalized spacial score (nSPS) is 14.1. The number of anilines is 1. The zero-order chi connectivity index (χ0) is 20.9. The summed E-state index contributed by atoms with van der Waals surface area (Å²) in [7, 11) is 0. The fourth-order valence-corrected chi connectivity index (χ4v) is 5.23. The highest BCUT2D eigenvalue weighted by Gasteiger charge is 2.31. The van der Waals surface area contributed by atoms with Crippen LogP contribution in [0.15, 0.2) is 17.5 Å². The fourth-order valence-electron chi connectivity index (χ4n) is 3.46. The number of carboxylic acids is 1. The molecule has 0 aliphatic carbocycles. The highest BCUT2D eigenvalue weighted by Crippen LogP contribution is 2.44. The van der Waals surface area contributed by atoms with E-state index >= 15 is 0 Å². The third-order valence-electron chi connectivity index (χ3n) is 4.64. The Labute approximate surface area is 175 Å². The van der Waals surface area contributed by atoms with E-state index in [0.29, 0.717) is 29.7 Å². The number of amides is 1. The monoisotopic (exact) mass is 431 g/mol. The summed E-state index contributed by atoms with van der Waals surface area (Å²) < 4.78 is 5.54. The second-order valence-electron chi connectivity index (χ2n) is 7.87. The maximum absolute atomic E-state index is 12.6. The molecule has 0 bridgehead atoms. The van der Waals surface area contributed by atoms with Crippen molar-refractivity contribution in [3.8, 4) is 10.4 Å². The molecule has 1 aliphatic heterocycles. The first-order chi connectivity index (χ1) is 13.7. The summed E-state index contributed by atoms with van der Waals surface area (Å²) >= 11 is 2.64. The number of aromatic carboxylic acids is 1. The van der Waals surface area contributed by atoms with E-state index in [1.807, 2.05) is 38.3 Å². The van der Waals surface area contributed by atoms with Crippen molar-refractivity contribution in [1.29, 1.82) is 0 Å². The highest BCUT2D eigenvalue weighted by molar-refractivity contribution is 7.21. The second kappa shape index (κ2) is 7.00. The van der Waals surface area contributed by atoms with Crippen LogP contribution in [-0.2, 0) is 17.7 Å². The highest BCUT2D eigenvalue weighted by atomic mass is 32.1. The molecule has 3 N–H and O–H groups in total. The maximum Gasteiger partial charge on any atom is 0.410 e. The SMILES string of the molecule is CC(C)(C)OC(=O)N1CCc2nc3sc(C(=O)O)c(N)c3c(-c3cccs3)c2C1. The number of carbonyl (C=O) groups excluding carboxylic acids is 1. The van der Waals surface area contributed by atoms with Gasteiger partial charge in [0.15, 0.2) is 0 Å². The number of nitrogen functional groups attached to an aromatic ring is 1. The molecule has 0 unspecified atom stereocenters. The molecule has 1 aliphatic rings. The van der Waals surface area contributed by atoms with Crippen LogP contribution in [0, 0.1) is 0 Å².